The van der Waals surface area contributed by atoms with Crippen molar-refractivity contribution in [1.82, 2.24) is 20.2 Å². The molecule has 0 amide bonds. The maximum absolute atomic E-state index is 9.44. The number of H-pyrrole nitrogens is 1. The average Bonchev–Trinajstić information content (AvgIpc) is 2.90. The van der Waals surface area contributed by atoms with Crippen LogP contribution in [0.2, 0.25) is 0 Å². The van der Waals surface area contributed by atoms with E-state index in [9.17, 15) is 5.11 Å². The quantitative estimate of drug-likeness (QED) is 0.684. The second kappa shape index (κ2) is 6.89. The summed E-state index contributed by atoms with van der Waals surface area (Å²) in [6, 6.07) is 5.20. The van der Waals surface area contributed by atoms with Crippen molar-refractivity contribution in [2.75, 3.05) is 45.9 Å². The second-order valence-corrected chi connectivity index (χ2v) is 5.34. The Morgan fingerprint density at radius 1 is 1.29 bits per heavy atom. The van der Waals surface area contributed by atoms with Crippen molar-refractivity contribution in [2.24, 2.45) is 0 Å². The molecule has 0 atom stereocenters. The average molecular weight is 290 g/mol. The molecular weight excluding hydrogens is 268 g/mol. The molecule has 21 heavy (non-hydrogen) atoms. The van der Waals surface area contributed by atoms with Crippen LogP contribution in [0.1, 0.15) is 5.82 Å². The summed E-state index contributed by atoms with van der Waals surface area (Å²) >= 11 is 0. The maximum Gasteiger partial charge on any atom is 0.117 e. The van der Waals surface area contributed by atoms with Gasteiger partial charge in [-0.25, -0.2) is 4.98 Å². The SMILES string of the molecule is Oc1ccc2nc(CCNCCN3CCOCC3)[nH]c2c1. The summed E-state index contributed by atoms with van der Waals surface area (Å²) < 4.78 is 5.33. The van der Waals surface area contributed by atoms with Crippen LogP contribution in [0.5, 0.6) is 5.75 Å². The molecule has 3 rings (SSSR count). The fraction of sp³-hybridized carbons (Fsp3) is 0.533. The van der Waals surface area contributed by atoms with Crippen LogP contribution in [0.3, 0.4) is 0 Å². The van der Waals surface area contributed by atoms with Gasteiger partial charge in [-0.05, 0) is 12.1 Å². The van der Waals surface area contributed by atoms with Crippen molar-refractivity contribution in [3.05, 3.63) is 24.0 Å². The predicted octanol–water partition coefficient (Wildman–Crippen LogP) is 0.733. The molecule has 6 nitrogen and oxygen atoms in total. The van der Waals surface area contributed by atoms with Crippen molar-refractivity contribution < 1.29 is 9.84 Å². The molecule has 0 aliphatic carbocycles. The van der Waals surface area contributed by atoms with Gasteiger partial charge in [-0.1, -0.05) is 0 Å². The van der Waals surface area contributed by atoms with E-state index in [1.54, 1.807) is 12.1 Å². The first-order valence-corrected chi connectivity index (χ1v) is 7.50. The summed E-state index contributed by atoms with van der Waals surface area (Å²) in [6.45, 7) is 6.73. The monoisotopic (exact) mass is 290 g/mol. The highest BCUT2D eigenvalue weighted by molar-refractivity contribution is 5.76. The Kier molecular flexibility index (Phi) is 4.69. The van der Waals surface area contributed by atoms with Crippen molar-refractivity contribution in [1.29, 1.82) is 0 Å². The Morgan fingerprint density at radius 3 is 3.00 bits per heavy atom. The Balaban J connectivity index is 1.40. The lowest BCUT2D eigenvalue weighted by molar-refractivity contribution is 0.0385. The second-order valence-electron chi connectivity index (χ2n) is 5.34. The van der Waals surface area contributed by atoms with Crippen molar-refractivity contribution in [3.8, 4) is 5.75 Å². The number of aromatic amines is 1. The Hall–Kier alpha value is -1.63. The van der Waals surface area contributed by atoms with Gasteiger partial charge in [-0.15, -0.1) is 0 Å². The Labute approximate surface area is 124 Å². The standard InChI is InChI=1S/C15H22N4O2/c20-12-1-2-13-14(11-12)18-15(17-13)3-4-16-5-6-19-7-9-21-10-8-19/h1-2,11,16,20H,3-10H2,(H,17,18). The molecule has 1 aliphatic rings. The molecule has 0 spiro atoms. The van der Waals surface area contributed by atoms with E-state index in [2.05, 4.69) is 20.2 Å². The number of fused-ring (bicyclic) bond motifs is 1. The van der Waals surface area contributed by atoms with Crippen LogP contribution in [0.4, 0.5) is 0 Å². The van der Waals surface area contributed by atoms with Crippen LogP contribution in [0.25, 0.3) is 11.0 Å². The highest BCUT2D eigenvalue weighted by Crippen LogP contribution is 2.17. The molecule has 0 saturated carbocycles. The first-order chi connectivity index (χ1) is 10.3. The highest BCUT2D eigenvalue weighted by Gasteiger charge is 2.09. The van der Waals surface area contributed by atoms with Gasteiger partial charge in [0.15, 0.2) is 0 Å². The molecule has 0 bridgehead atoms. The van der Waals surface area contributed by atoms with Gasteiger partial charge in [0.05, 0.1) is 24.2 Å². The van der Waals surface area contributed by atoms with Gasteiger partial charge in [0, 0.05) is 45.2 Å². The number of benzene rings is 1. The maximum atomic E-state index is 9.44. The number of imidazole rings is 1. The highest BCUT2D eigenvalue weighted by atomic mass is 16.5. The van der Waals surface area contributed by atoms with Crippen LogP contribution in [-0.4, -0.2) is 65.9 Å². The van der Waals surface area contributed by atoms with E-state index in [1.807, 2.05) is 6.07 Å². The molecule has 114 valence electrons. The molecule has 1 fully saturated rings. The van der Waals surface area contributed by atoms with Crippen LogP contribution in [0.15, 0.2) is 18.2 Å². The number of morpholine rings is 1. The lowest BCUT2D eigenvalue weighted by atomic mass is 10.3. The summed E-state index contributed by atoms with van der Waals surface area (Å²) in [7, 11) is 0. The first kappa shape index (κ1) is 14.3. The zero-order valence-electron chi connectivity index (χ0n) is 12.1. The predicted molar refractivity (Wildman–Crippen MR) is 81.6 cm³/mol. The van der Waals surface area contributed by atoms with Crippen LogP contribution in [0, 0.1) is 0 Å². The number of ether oxygens (including phenoxy) is 1. The van der Waals surface area contributed by atoms with Gasteiger partial charge in [-0.2, -0.15) is 0 Å². The van der Waals surface area contributed by atoms with E-state index in [-0.39, 0.29) is 5.75 Å². The lowest BCUT2D eigenvalue weighted by Crippen LogP contribution is -2.40. The Bertz CT molecular complexity index is 578. The minimum Gasteiger partial charge on any atom is -0.508 e. The fourth-order valence-corrected chi connectivity index (χ4v) is 2.56. The van der Waals surface area contributed by atoms with E-state index >= 15 is 0 Å². The zero-order valence-corrected chi connectivity index (χ0v) is 12.1. The third-order valence-electron chi connectivity index (χ3n) is 3.76. The molecule has 0 unspecified atom stereocenters. The molecule has 0 radical (unpaired) electrons. The van der Waals surface area contributed by atoms with E-state index < -0.39 is 0 Å². The number of phenolic OH excluding ortho intramolecular Hbond substituents is 1. The minimum absolute atomic E-state index is 0.265. The van der Waals surface area contributed by atoms with Crippen LogP contribution in [-0.2, 0) is 11.2 Å². The molecular formula is C15H22N4O2. The van der Waals surface area contributed by atoms with E-state index in [0.29, 0.717) is 0 Å². The summed E-state index contributed by atoms with van der Waals surface area (Å²) in [5.41, 5.74) is 1.79. The van der Waals surface area contributed by atoms with Crippen molar-refractivity contribution in [2.45, 2.75) is 6.42 Å². The summed E-state index contributed by atoms with van der Waals surface area (Å²) in [4.78, 5) is 10.2. The molecule has 2 aromatic rings. The third-order valence-corrected chi connectivity index (χ3v) is 3.76. The minimum atomic E-state index is 0.265. The van der Waals surface area contributed by atoms with Gasteiger partial charge in [0.2, 0.25) is 0 Å². The molecule has 3 N–H and O–H groups in total. The molecule has 1 aliphatic heterocycles. The van der Waals surface area contributed by atoms with Crippen molar-refractivity contribution in [3.63, 3.8) is 0 Å². The summed E-state index contributed by atoms with van der Waals surface area (Å²) in [5.74, 6) is 1.22. The van der Waals surface area contributed by atoms with Gasteiger partial charge >= 0.3 is 0 Å². The number of phenols is 1. The number of hydrogen-bond donors (Lipinski definition) is 3. The van der Waals surface area contributed by atoms with E-state index in [0.717, 1.165) is 69.2 Å². The van der Waals surface area contributed by atoms with Crippen LogP contribution >= 0.6 is 0 Å². The Morgan fingerprint density at radius 2 is 2.14 bits per heavy atom. The van der Waals surface area contributed by atoms with Gasteiger partial charge < -0.3 is 20.1 Å². The zero-order chi connectivity index (χ0) is 14.5. The largest absolute Gasteiger partial charge is 0.508 e. The molecule has 2 heterocycles. The number of nitrogens with one attached hydrogen (secondary N) is 2. The molecule has 1 saturated heterocycles. The number of nitrogens with zero attached hydrogens (tertiary/aromatic N) is 2. The molecule has 1 aromatic carbocycles. The van der Waals surface area contributed by atoms with E-state index in [1.165, 1.54) is 0 Å². The molecule has 1 aromatic heterocycles. The number of aromatic hydroxyl groups is 1. The topological polar surface area (TPSA) is 73.4 Å². The number of rotatable bonds is 6. The van der Waals surface area contributed by atoms with E-state index in [4.69, 9.17) is 4.74 Å². The lowest BCUT2D eigenvalue weighted by Gasteiger charge is -2.26. The summed E-state index contributed by atoms with van der Waals surface area (Å²) in [5, 5.41) is 12.9. The van der Waals surface area contributed by atoms with Gasteiger partial charge in [0.25, 0.3) is 0 Å². The smallest absolute Gasteiger partial charge is 0.117 e. The van der Waals surface area contributed by atoms with Crippen molar-refractivity contribution >= 4 is 11.0 Å². The number of hydrogen-bond acceptors (Lipinski definition) is 5. The third kappa shape index (κ3) is 3.93. The first-order valence-electron chi connectivity index (χ1n) is 7.50. The molecule has 6 heteroatoms. The van der Waals surface area contributed by atoms with Gasteiger partial charge in [0.1, 0.15) is 11.6 Å². The fourth-order valence-electron chi connectivity index (χ4n) is 2.56. The number of aromatic nitrogens is 2. The van der Waals surface area contributed by atoms with Crippen LogP contribution < -0.4 is 5.32 Å². The van der Waals surface area contributed by atoms with Gasteiger partial charge in [-0.3, -0.25) is 4.90 Å². The summed E-state index contributed by atoms with van der Waals surface area (Å²) in [6.07, 6.45) is 0.860. The normalized spacial score (nSPS) is 16.6.